The Morgan fingerprint density at radius 2 is 1.38 bits per heavy atom. The molecule has 0 nitrogen and oxygen atoms in total. The minimum absolute atomic E-state index is 0. The van der Waals surface area contributed by atoms with Crippen LogP contribution in [0.5, 0.6) is 0 Å². The molecule has 0 aliphatic rings. The van der Waals surface area contributed by atoms with E-state index in [-0.39, 0.29) is 53.8 Å². The van der Waals surface area contributed by atoms with Gasteiger partial charge in [-0.05, 0) is 0 Å². The molecule has 0 N–H and O–H groups in total. The van der Waals surface area contributed by atoms with Crippen LogP contribution in [0.15, 0.2) is 0 Å². The van der Waals surface area contributed by atoms with Gasteiger partial charge in [-0.15, -0.1) is 0 Å². The molecule has 0 unspecified atom stereocenters. The molecule has 0 aliphatic heterocycles. The van der Waals surface area contributed by atoms with Crippen LogP contribution in [-0.4, -0.2) is 0 Å². The molecule has 0 aromatic heterocycles. The predicted molar refractivity (Wildman–Crippen MR) is 53.7 cm³/mol. The first kappa shape index (κ1) is 24.2. The topological polar surface area (TPSA) is 0 Å². The van der Waals surface area contributed by atoms with Gasteiger partial charge in [0.2, 0.25) is 0 Å². The molecule has 13 heavy (non-hydrogen) atoms. The van der Waals surface area contributed by atoms with Crippen molar-refractivity contribution in [1.29, 1.82) is 0 Å². The maximum Gasteiger partial charge on any atom is 2.00 e. The van der Waals surface area contributed by atoms with E-state index in [1.807, 2.05) is 20.3 Å². The summed E-state index contributed by atoms with van der Waals surface area (Å²) in [7, 11) is 0. The minimum atomic E-state index is 0. The normalized spacial score (nSPS) is 7.85. The zero-order chi connectivity index (χ0) is 9.11. The van der Waals surface area contributed by atoms with E-state index >= 15 is 0 Å². The van der Waals surface area contributed by atoms with E-state index in [1.165, 1.54) is 6.42 Å². The van der Waals surface area contributed by atoms with Gasteiger partial charge in [-0.1, -0.05) is 12.3 Å². The Morgan fingerprint density at radius 1 is 1.08 bits per heavy atom. The van der Waals surface area contributed by atoms with E-state index in [1.54, 1.807) is 0 Å². The third-order valence-electron chi connectivity index (χ3n) is 1.43. The molecule has 0 heterocycles. The Morgan fingerprint density at radius 3 is 1.46 bits per heavy atom. The van der Waals surface area contributed by atoms with Crippen LogP contribution in [0.2, 0.25) is 0 Å². The first-order valence-electron chi connectivity index (χ1n) is 4.38. The van der Waals surface area contributed by atoms with Crippen molar-refractivity contribution in [3.05, 3.63) is 27.2 Å². The van der Waals surface area contributed by atoms with Crippen LogP contribution in [0, 0.1) is 33.1 Å². The molecule has 0 bridgehead atoms. The Balaban J connectivity index is -0.0000000720. The Labute approximate surface area is 125 Å². The zero-order valence-electron chi connectivity index (χ0n) is 9.09. The Bertz CT molecular complexity index is 54.1. The summed E-state index contributed by atoms with van der Waals surface area (Å²) in [4.78, 5) is 0. The van der Waals surface area contributed by atoms with E-state index < -0.39 is 0 Å². The summed E-state index contributed by atoms with van der Waals surface area (Å²) in [5.74, 6) is 0.715. The standard InChI is InChI=1S/C8H15.C3H7.W.Y/c1-4-7-8(5-2)6-3;1-3-2;;/h8H,1-7H2;3H,1-2H3;;/q-3;-1;+2;. The summed E-state index contributed by atoms with van der Waals surface area (Å²) in [5.41, 5.74) is 0. The molecule has 0 aliphatic carbocycles. The largest absolute Gasteiger partial charge is 2.00 e. The van der Waals surface area contributed by atoms with Crippen molar-refractivity contribution in [2.24, 2.45) is 5.92 Å². The van der Waals surface area contributed by atoms with Gasteiger partial charge in [-0.2, -0.15) is 33.1 Å². The molecule has 0 saturated carbocycles. The molecule has 0 aromatic rings. The van der Waals surface area contributed by atoms with Crippen molar-refractivity contribution in [1.82, 2.24) is 0 Å². The van der Waals surface area contributed by atoms with Crippen LogP contribution in [0.4, 0.5) is 0 Å². The maximum atomic E-state index is 3.81. The second-order valence-corrected chi connectivity index (χ2v) is 2.66. The average molecular weight is 427 g/mol. The second kappa shape index (κ2) is 23.5. The fourth-order valence-electron chi connectivity index (χ4n) is 0.722. The molecule has 1 radical (unpaired) electrons. The van der Waals surface area contributed by atoms with Crippen molar-refractivity contribution in [2.75, 3.05) is 0 Å². The van der Waals surface area contributed by atoms with Gasteiger partial charge in [0, 0.05) is 32.7 Å². The average Bonchev–Trinajstić information content (AvgIpc) is 2.02. The number of hydrogen-bond donors (Lipinski definition) is 0. The van der Waals surface area contributed by atoms with Gasteiger partial charge in [-0.25, -0.2) is 0 Å². The molecule has 0 aromatic carbocycles. The quantitative estimate of drug-likeness (QED) is 0.598. The number of hydrogen-bond acceptors (Lipinski definition) is 0. The van der Waals surface area contributed by atoms with Gasteiger partial charge in [0.25, 0.3) is 0 Å². The summed E-state index contributed by atoms with van der Waals surface area (Å²) in [6.45, 7) is 15.4. The molecular formula is C11H22WY-2. The van der Waals surface area contributed by atoms with Gasteiger partial charge in [0.15, 0.2) is 0 Å². The van der Waals surface area contributed by atoms with E-state index in [4.69, 9.17) is 0 Å². The first-order valence-corrected chi connectivity index (χ1v) is 4.38. The van der Waals surface area contributed by atoms with Gasteiger partial charge < -0.3 is 27.2 Å². The van der Waals surface area contributed by atoms with Gasteiger partial charge in [0.1, 0.15) is 0 Å². The molecule has 77 valence electrons. The van der Waals surface area contributed by atoms with Crippen molar-refractivity contribution < 1.29 is 53.8 Å². The van der Waals surface area contributed by atoms with Gasteiger partial charge >= 0.3 is 21.1 Å². The van der Waals surface area contributed by atoms with Crippen LogP contribution < -0.4 is 0 Å². The SMILES string of the molecule is C[CH-]C.[CH2-]CCC(C[CH2-])C[CH2-].[W+2].[Y]. The van der Waals surface area contributed by atoms with E-state index in [2.05, 4.69) is 20.8 Å². The predicted octanol–water partition coefficient (Wildman–Crippen LogP) is 3.89. The third-order valence-corrected chi connectivity index (χ3v) is 1.43. The maximum absolute atomic E-state index is 3.81. The fourth-order valence-corrected chi connectivity index (χ4v) is 0.722. The van der Waals surface area contributed by atoms with E-state index in [0.29, 0.717) is 5.92 Å². The van der Waals surface area contributed by atoms with Crippen molar-refractivity contribution in [2.45, 2.75) is 39.5 Å². The zero-order valence-corrected chi connectivity index (χ0v) is 14.9. The Kier molecular flexibility index (Phi) is 43.7. The van der Waals surface area contributed by atoms with Crippen LogP contribution in [0.25, 0.3) is 0 Å². The summed E-state index contributed by atoms with van der Waals surface area (Å²) >= 11 is 0. The van der Waals surface area contributed by atoms with Crippen molar-refractivity contribution >= 4 is 0 Å². The monoisotopic (exact) mass is 427 g/mol. The van der Waals surface area contributed by atoms with Gasteiger partial charge in [-0.3, -0.25) is 0 Å². The van der Waals surface area contributed by atoms with Crippen molar-refractivity contribution in [3.8, 4) is 0 Å². The molecule has 0 saturated heterocycles. The smallest absolute Gasteiger partial charge is 0.343 e. The molecule has 0 amide bonds. The van der Waals surface area contributed by atoms with Gasteiger partial charge in [0.05, 0.1) is 0 Å². The third kappa shape index (κ3) is 24.8. The molecule has 0 rings (SSSR count). The molecule has 0 atom stereocenters. The molecule has 0 spiro atoms. The fraction of sp³-hybridized carbons (Fsp3) is 0.636. The Hall–Kier alpha value is 1.79. The summed E-state index contributed by atoms with van der Waals surface area (Å²) in [6, 6.07) is 0. The summed E-state index contributed by atoms with van der Waals surface area (Å²) < 4.78 is 0. The van der Waals surface area contributed by atoms with Crippen LogP contribution in [0.1, 0.15) is 39.5 Å². The summed E-state index contributed by atoms with van der Waals surface area (Å²) in [5, 5.41) is 0. The molecule has 0 fully saturated rings. The van der Waals surface area contributed by atoms with Crippen molar-refractivity contribution in [3.63, 3.8) is 0 Å². The first-order chi connectivity index (χ1) is 5.26. The van der Waals surface area contributed by atoms with Crippen LogP contribution in [0.3, 0.4) is 0 Å². The molecular weight excluding hydrogens is 405 g/mol. The van der Waals surface area contributed by atoms with E-state index in [0.717, 1.165) is 19.3 Å². The number of rotatable bonds is 4. The second-order valence-electron chi connectivity index (χ2n) is 2.66. The van der Waals surface area contributed by atoms with Crippen LogP contribution >= 0.6 is 0 Å². The van der Waals surface area contributed by atoms with E-state index in [9.17, 15) is 0 Å². The summed E-state index contributed by atoms with van der Waals surface area (Å²) in [6.07, 6.45) is 6.24. The minimum Gasteiger partial charge on any atom is -0.343 e. The van der Waals surface area contributed by atoms with Crippen LogP contribution in [-0.2, 0) is 53.8 Å². The molecule has 2 heteroatoms.